The Labute approximate surface area is 94.5 Å². The quantitative estimate of drug-likeness (QED) is 0.638. The highest BCUT2D eigenvalue weighted by atomic mass is 16.5. The second-order valence-corrected chi connectivity index (χ2v) is 3.34. The van der Waals surface area contributed by atoms with Crippen LogP contribution in [0, 0.1) is 17.2 Å². The topological polar surface area (TPSA) is 88.4 Å². The molecule has 0 heterocycles. The molecule has 0 unspecified atom stereocenters. The monoisotopic (exact) mass is 228 g/mol. The number of nitrogens with zero attached hydrogens (tertiary/aromatic N) is 1. The summed E-state index contributed by atoms with van der Waals surface area (Å²) in [7, 11) is 2.61. The highest BCUT2D eigenvalue weighted by Gasteiger charge is 2.27. The molecular weight excluding hydrogens is 212 g/mol. The van der Waals surface area contributed by atoms with E-state index < -0.39 is 17.9 Å². The number of carbonyl (C=O) groups is 2. The molecule has 0 fully saturated rings. The normalized spacial score (nSPS) is 13.4. The van der Waals surface area contributed by atoms with Gasteiger partial charge in [-0.25, -0.2) is 4.79 Å². The van der Waals surface area contributed by atoms with Crippen LogP contribution in [0.1, 0.15) is 13.3 Å². The van der Waals surface area contributed by atoms with E-state index in [0.29, 0.717) is 0 Å². The molecule has 0 aromatic carbocycles. The molecule has 6 nitrogen and oxygen atoms in total. The van der Waals surface area contributed by atoms with Crippen molar-refractivity contribution in [2.45, 2.75) is 19.4 Å². The van der Waals surface area contributed by atoms with Crippen LogP contribution in [0.3, 0.4) is 0 Å². The van der Waals surface area contributed by atoms with E-state index in [-0.39, 0.29) is 18.9 Å². The molecule has 0 rings (SSSR count). The van der Waals surface area contributed by atoms with Crippen LogP contribution in [-0.2, 0) is 19.1 Å². The fourth-order valence-corrected chi connectivity index (χ4v) is 1.17. The van der Waals surface area contributed by atoms with Crippen LogP contribution in [0.15, 0.2) is 0 Å². The Hall–Kier alpha value is -1.61. The minimum absolute atomic E-state index is 0.132. The van der Waals surface area contributed by atoms with Gasteiger partial charge in [0.05, 0.1) is 13.2 Å². The summed E-state index contributed by atoms with van der Waals surface area (Å²) in [6.45, 7) is 1.56. The Morgan fingerprint density at radius 2 is 2.06 bits per heavy atom. The largest absolute Gasteiger partial charge is 0.467 e. The second-order valence-electron chi connectivity index (χ2n) is 3.34. The molecule has 0 radical (unpaired) electrons. The molecule has 0 aromatic rings. The predicted octanol–water partition coefficient (Wildman–Crippen LogP) is -0.160. The lowest BCUT2D eigenvalue weighted by molar-refractivity contribution is -0.147. The van der Waals surface area contributed by atoms with E-state index in [1.807, 2.05) is 6.07 Å². The molecule has 0 saturated heterocycles. The van der Waals surface area contributed by atoms with Crippen LogP contribution in [-0.4, -0.2) is 38.7 Å². The van der Waals surface area contributed by atoms with Gasteiger partial charge in [0.25, 0.3) is 0 Å². The molecule has 1 amide bonds. The van der Waals surface area contributed by atoms with Gasteiger partial charge in [-0.3, -0.25) is 4.79 Å². The summed E-state index contributed by atoms with van der Waals surface area (Å²) in [6, 6.07) is 1.13. The Kier molecular flexibility index (Phi) is 6.88. The summed E-state index contributed by atoms with van der Waals surface area (Å²) in [5.74, 6) is -1.28. The first kappa shape index (κ1) is 14.4. The number of carbonyl (C=O) groups excluding carboxylic acids is 2. The van der Waals surface area contributed by atoms with E-state index >= 15 is 0 Å². The molecule has 2 atom stereocenters. The average molecular weight is 228 g/mol. The van der Waals surface area contributed by atoms with Gasteiger partial charge in [-0.15, -0.1) is 0 Å². The molecule has 1 N–H and O–H groups in total. The zero-order chi connectivity index (χ0) is 12.6. The minimum Gasteiger partial charge on any atom is -0.467 e. The average Bonchev–Trinajstić information content (AvgIpc) is 2.25. The zero-order valence-corrected chi connectivity index (χ0v) is 9.65. The summed E-state index contributed by atoms with van der Waals surface area (Å²) in [5, 5.41) is 11.0. The van der Waals surface area contributed by atoms with Gasteiger partial charge >= 0.3 is 5.97 Å². The van der Waals surface area contributed by atoms with Gasteiger partial charge in [0.15, 0.2) is 0 Å². The number of hydrogen-bond acceptors (Lipinski definition) is 5. The third-order valence-corrected chi connectivity index (χ3v) is 2.03. The fourth-order valence-electron chi connectivity index (χ4n) is 1.17. The first-order chi connectivity index (χ1) is 7.56. The number of esters is 1. The van der Waals surface area contributed by atoms with Crippen molar-refractivity contribution in [1.29, 1.82) is 5.26 Å². The van der Waals surface area contributed by atoms with Gasteiger partial charge in [0, 0.05) is 19.4 Å². The Bertz CT molecular complexity index is 285. The van der Waals surface area contributed by atoms with Crippen LogP contribution >= 0.6 is 0 Å². The standard InChI is InChI=1S/C10H16N2O4/c1-7(4-5-11)9(10(14)16-3)12-8(13)6-15-2/h7,9H,4,6H2,1-3H3,(H,12,13)/t7-,9+/m1/s1. The fraction of sp³-hybridized carbons (Fsp3) is 0.700. The van der Waals surface area contributed by atoms with Gasteiger partial charge < -0.3 is 14.8 Å². The lowest BCUT2D eigenvalue weighted by Gasteiger charge is -2.20. The third-order valence-electron chi connectivity index (χ3n) is 2.03. The van der Waals surface area contributed by atoms with Crippen LogP contribution in [0.5, 0.6) is 0 Å². The number of rotatable bonds is 6. The molecule has 0 bridgehead atoms. The van der Waals surface area contributed by atoms with Crippen LogP contribution in [0.25, 0.3) is 0 Å². The SMILES string of the molecule is COCC(=O)N[C@H](C(=O)OC)[C@H](C)CC#N. The highest BCUT2D eigenvalue weighted by molar-refractivity contribution is 5.85. The third kappa shape index (κ3) is 4.75. The van der Waals surface area contributed by atoms with Gasteiger partial charge in [0.2, 0.25) is 5.91 Å². The first-order valence-corrected chi connectivity index (χ1v) is 4.79. The maximum absolute atomic E-state index is 11.4. The lowest BCUT2D eigenvalue weighted by Crippen LogP contribution is -2.46. The highest BCUT2D eigenvalue weighted by Crippen LogP contribution is 2.09. The molecule has 6 heteroatoms. The zero-order valence-electron chi connectivity index (χ0n) is 9.65. The van der Waals surface area contributed by atoms with Crippen LogP contribution in [0.2, 0.25) is 0 Å². The Morgan fingerprint density at radius 1 is 1.44 bits per heavy atom. The summed E-state index contributed by atoms with van der Waals surface area (Å²) in [5.41, 5.74) is 0. The van der Waals surface area contributed by atoms with Crippen molar-refractivity contribution < 1.29 is 19.1 Å². The van der Waals surface area contributed by atoms with Crippen LogP contribution < -0.4 is 5.32 Å². The summed E-state index contributed by atoms with van der Waals surface area (Å²) < 4.78 is 9.18. The molecule has 0 aromatic heterocycles. The molecule has 0 aliphatic rings. The molecule has 16 heavy (non-hydrogen) atoms. The van der Waals surface area contributed by atoms with Crippen molar-refractivity contribution >= 4 is 11.9 Å². The van der Waals surface area contributed by atoms with Gasteiger partial charge in [-0.1, -0.05) is 6.92 Å². The number of nitriles is 1. The molecule has 0 aliphatic heterocycles. The van der Waals surface area contributed by atoms with E-state index in [0.717, 1.165) is 0 Å². The van der Waals surface area contributed by atoms with Crippen molar-refractivity contribution in [3.05, 3.63) is 0 Å². The lowest BCUT2D eigenvalue weighted by atomic mass is 9.99. The maximum Gasteiger partial charge on any atom is 0.328 e. The number of ether oxygens (including phenoxy) is 2. The summed E-state index contributed by atoms with van der Waals surface area (Å²) >= 11 is 0. The number of nitrogens with one attached hydrogen (secondary N) is 1. The van der Waals surface area contributed by atoms with E-state index in [1.165, 1.54) is 14.2 Å². The smallest absolute Gasteiger partial charge is 0.328 e. The second kappa shape index (κ2) is 7.65. The molecule has 0 aliphatic carbocycles. The molecular formula is C10H16N2O4. The van der Waals surface area contributed by atoms with Crippen molar-refractivity contribution in [2.24, 2.45) is 5.92 Å². The van der Waals surface area contributed by atoms with E-state index in [9.17, 15) is 9.59 Å². The molecule has 0 saturated carbocycles. The number of hydrogen-bond donors (Lipinski definition) is 1. The van der Waals surface area contributed by atoms with Gasteiger partial charge in [0.1, 0.15) is 12.6 Å². The van der Waals surface area contributed by atoms with E-state index in [1.54, 1.807) is 6.92 Å². The Balaban J connectivity index is 4.49. The van der Waals surface area contributed by atoms with Crippen molar-refractivity contribution in [3.8, 4) is 6.07 Å². The van der Waals surface area contributed by atoms with Gasteiger partial charge in [-0.2, -0.15) is 5.26 Å². The van der Waals surface area contributed by atoms with Crippen molar-refractivity contribution in [3.63, 3.8) is 0 Å². The molecule has 90 valence electrons. The minimum atomic E-state index is -0.813. The molecule has 0 spiro atoms. The van der Waals surface area contributed by atoms with Gasteiger partial charge in [-0.05, 0) is 0 Å². The maximum atomic E-state index is 11.4. The van der Waals surface area contributed by atoms with E-state index in [2.05, 4.69) is 14.8 Å². The summed E-state index contributed by atoms with van der Waals surface area (Å²) in [4.78, 5) is 22.6. The Morgan fingerprint density at radius 3 is 2.50 bits per heavy atom. The van der Waals surface area contributed by atoms with Crippen LogP contribution in [0.4, 0.5) is 0 Å². The summed E-state index contributed by atoms with van der Waals surface area (Å²) in [6.07, 6.45) is 0.160. The number of methoxy groups -OCH3 is 2. The van der Waals surface area contributed by atoms with Crippen molar-refractivity contribution in [2.75, 3.05) is 20.8 Å². The predicted molar refractivity (Wildman–Crippen MR) is 55.2 cm³/mol. The number of amides is 1. The van der Waals surface area contributed by atoms with E-state index in [4.69, 9.17) is 5.26 Å². The first-order valence-electron chi connectivity index (χ1n) is 4.79. The van der Waals surface area contributed by atoms with Crippen molar-refractivity contribution in [1.82, 2.24) is 5.32 Å².